The Balaban J connectivity index is 2.37. The highest BCUT2D eigenvalue weighted by atomic mass is 35.5. The van der Waals surface area contributed by atoms with Crippen molar-refractivity contribution in [2.24, 2.45) is 0 Å². The van der Waals surface area contributed by atoms with Gasteiger partial charge in [-0.2, -0.15) is 0 Å². The molecular weight excluding hydrogens is 220 g/mol. The molecule has 1 aliphatic carbocycles. The van der Waals surface area contributed by atoms with Crippen LogP contribution in [0.5, 0.6) is 0 Å². The first-order chi connectivity index (χ1) is 7.33. The summed E-state index contributed by atoms with van der Waals surface area (Å²) < 4.78 is 0. The second-order valence-electron chi connectivity index (χ2n) is 5.83. The monoisotopic (exact) mass is 238 g/mol. The minimum atomic E-state index is -0.659. The van der Waals surface area contributed by atoms with Crippen LogP contribution in [0, 0.1) is 0 Å². The van der Waals surface area contributed by atoms with Gasteiger partial charge in [-0.05, 0) is 36.3 Å². The van der Waals surface area contributed by atoms with Crippen molar-refractivity contribution in [2.45, 2.75) is 51.0 Å². The molecule has 0 atom stereocenters. The Bertz CT molecular complexity index is 400. The first-order valence-electron chi connectivity index (χ1n) is 5.86. The van der Waals surface area contributed by atoms with E-state index in [0.29, 0.717) is 5.02 Å². The summed E-state index contributed by atoms with van der Waals surface area (Å²) in [6.07, 6.45) is 2.76. The van der Waals surface area contributed by atoms with Gasteiger partial charge < -0.3 is 5.11 Å². The lowest BCUT2D eigenvalue weighted by atomic mass is 9.74. The molecule has 0 bridgehead atoms. The number of aliphatic hydroxyl groups is 1. The number of benzene rings is 1. The maximum absolute atomic E-state index is 10.3. The molecule has 0 radical (unpaired) electrons. The normalized spacial score (nSPS) is 19.3. The molecule has 2 rings (SSSR count). The summed E-state index contributed by atoms with van der Waals surface area (Å²) in [6.45, 7) is 6.49. The largest absolute Gasteiger partial charge is 0.385 e. The van der Waals surface area contributed by atoms with Gasteiger partial charge in [0.25, 0.3) is 0 Å². The number of halogens is 1. The fourth-order valence-electron chi connectivity index (χ4n) is 2.14. The van der Waals surface area contributed by atoms with Gasteiger partial charge in [0, 0.05) is 10.6 Å². The molecule has 0 aliphatic heterocycles. The van der Waals surface area contributed by atoms with E-state index < -0.39 is 5.60 Å². The fourth-order valence-corrected chi connectivity index (χ4v) is 2.50. The molecule has 1 fully saturated rings. The Morgan fingerprint density at radius 2 is 1.88 bits per heavy atom. The van der Waals surface area contributed by atoms with Crippen LogP contribution >= 0.6 is 11.6 Å². The predicted octanol–water partition coefficient (Wildman–Crippen LogP) is 4.01. The van der Waals surface area contributed by atoms with Gasteiger partial charge in [0.1, 0.15) is 0 Å². The molecule has 0 unspecified atom stereocenters. The molecule has 0 spiro atoms. The van der Waals surface area contributed by atoms with Crippen molar-refractivity contribution in [2.75, 3.05) is 0 Å². The summed E-state index contributed by atoms with van der Waals surface area (Å²) in [5, 5.41) is 11.0. The van der Waals surface area contributed by atoms with E-state index in [0.717, 1.165) is 24.8 Å². The van der Waals surface area contributed by atoms with Gasteiger partial charge in [-0.15, -0.1) is 0 Å². The lowest BCUT2D eigenvalue weighted by Gasteiger charge is -2.38. The molecule has 1 nitrogen and oxygen atoms in total. The smallest absolute Gasteiger partial charge is 0.0911 e. The molecule has 16 heavy (non-hydrogen) atoms. The van der Waals surface area contributed by atoms with Crippen LogP contribution in [0.3, 0.4) is 0 Å². The Morgan fingerprint density at radius 1 is 1.25 bits per heavy atom. The van der Waals surface area contributed by atoms with Gasteiger partial charge in [0.05, 0.1) is 5.60 Å². The summed E-state index contributed by atoms with van der Waals surface area (Å²) in [6, 6.07) is 6.06. The van der Waals surface area contributed by atoms with E-state index in [4.69, 9.17) is 11.6 Å². The van der Waals surface area contributed by atoms with Crippen LogP contribution in [0.4, 0.5) is 0 Å². The third-order valence-corrected chi connectivity index (χ3v) is 3.83. The molecule has 0 saturated heterocycles. The number of hydrogen-bond donors (Lipinski definition) is 1. The van der Waals surface area contributed by atoms with Crippen LogP contribution in [0.25, 0.3) is 0 Å². The van der Waals surface area contributed by atoms with Crippen molar-refractivity contribution >= 4 is 11.6 Å². The molecule has 88 valence electrons. The van der Waals surface area contributed by atoms with Crippen molar-refractivity contribution in [3.8, 4) is 0 Å². The first kappa shape index (κ1) is 11.9. The molecule has 1 aliphatic rings. The summed E-state index contributed by atoms with van der Waals surface area (Å²) in [4.78, 5) is 0. The molecule has 2 heteroatoms. The quantitative estimate of drug-likeness (QED) is 0.784. The lowest BCUT2D eigenvalue weighted by molar-refractivity contribution is -0.0387. The lowest BCUT2D eigenvalue weighted by Crippen LogP contribution is -2.34. The minimum absolute atomic E-state index is 0.102. The van der Waals surface area contributed by atoms with Crippen LogP contribution in [0.1, 0.15) is 51.2 Å². The van der Waals surface area contributed by atoms with Gasteiger partial charge in [0.15, 0.2) is 0 Å². The zero-order chi connectivity index (χ0) is 12.0. The van der Waals surface area contributed by atoms with Crippen LogP contribution in [0.15, 0.2) is 18.2 Å². The second kappa shape index (κ2) is 3.75. The van der Waals surface area contributed by atoms with E-state index in [1.807, 2.05) is 12.1 Å². The summed E-state index contributed by atoms with van der Waals surface area (Å²) in [5.74, 6) is 0. The molecule has 1 N–H and O–H groups in total. The highest BCUT2D eigenvalue weighted by molar-refractivity contribution is 6.31. The maximum atomic E-state index is 10.3. The van der Waals surface area contributed by atoms with E-state index in [2.05, 4.69) is 26.8 Å². The van der Waals surface area contributed by atoms with E-state index >= 15 is 0 Å². The molecule has 0 aromatic heterocycles. The van der Waals surface area contributed by atoms with Gasteiger partial charge >= 0.3 is 0 Å². The Hall–Kier alpha value is -0.530. The van der Waals surface area contributed by atoms with Crippen LogP contribution in [0.2, 0.25) is 5.02 Å². The molecule has 1 aromatic rings. The zero-order valence-electron chi connectivity index (χ0n) is 10.2. The average Bonchev–Trinajstić information content (AvgIpc) is 2.12. The van der Waals surface area contributed by atoms with E-state index in [1.54, 1.807) is 0 Å². The SMILES string of the molecule is CC(C)(C)c1ccc(C2(O)CCC2)c(Cl)c1. The molecule has 0 amide bonds. The van der Waals surface area contributed by atoms with Crippen LogP contribution < -0.4 is 0 Å². The Labute approximate surface area is 102 Å². The van der Waals surface area contributed by atoms with Crippen molar-refractivity contribution in [1.29, 1.82) is 0 Å². The second-order valence-corrected chi connectivity index (χ2v) is 6.24. The third-order valence-electron chi connectivity index (χ3n) is 3.52. The van der Waals surface area contributed by atoms with E-state index in [-0.39, 0.29) is 5.41 Å². The minimum Gasteiger partial charge on any atom is -0.385 e. The fraction of sp³-hybridized carbons (Fsp3) is 0.571. The highest BCUT2D eigenvalue weighted by Gasteiger charge is 2.37. The van der Waals surface area contributed by atoms with Gasteiger partial charge in [-0.1, -0.05) is 44.5 Å². The van der Waals surface area contributed by atoms with Crippen molar-refractivity contribution < 1.29 is 5.11 Å². The van der Waals surface area contributed by atoms with E-state index in [1.165, 1.54) is 5.56 Å². The summed E-state index contributed by atoms with van der Waals surface area (Å²) >= 11 is 6.27. The van der Waals surface area contributed by atoms with Crippen LogP contribution in [-0.2, 0) is 11.0 Å². The first-order valence-corrected chi connectivity index (χ1v) is 6.24. The van der Waals surface area contributed by atoms with E-state index in [9.17, 15) is 5.11 Å². The average molecular weight is 239 g/mol. The standard InChI is InChI=1S/C14H19ClO/c1-13(2,3)10-5-6-11(12(15)9-10)14(16)7-4-8-14/h5-6,9,16H,4,7-8H2,1-3H3. The van der Waals surface area contributed by atoms with Gasteiger partial charge in [-0.25, -0.2) is 0 Å². The maximum Gasteiger partial charge on any atom is 0.0911 e. The molecule has 1 aromatic carbocycles. The number of rotatable bonds is 1. The third kappa shape index (κ3) is 1.99. The van der Waals surface area contributed by atoms with Crippen molar-refractivity contribution in [3.05, 3.63) is 34.3 Å². The Kier molecular flexibility index (Phi) is 2.80. The van der Waals surface area contributed by atoms with Gasteiger partial charge in [-0.3, -0.25) is 0 Å². The Morgan fingerprint density at radius 3 is 2.25 bits per heavy atom. The summed E-state index contributed by atoms with van der Waals surface area (Å²) in [7, 11) is 0. The predicted molar refractivity (Wildman–Crippen MR) is 67.9 cm³/mol. The topological polar surface area (TPSA) is 20.2 Å². The molecular formula is C14H19ClO. The zero-order valence-corrected chi connectivity index (χ0v) is 10.9. The van der Waals surface area contributed by atoms with Gasteiger partial charge in [0.2, 0.25) is 0 Å². The highest BCUT2D eigenvalue weighted by Crippen LogP contribution is 2.44. The van der Waals surface area contributed by atoms with Crippen molar-refractivity contribution in [3.63, 3.8) is 0 Å². The van der Waals surface area contributed by atoms with Crippen molar-refractivity contribution in [1.82, 2.24) is 0 Å². The molecule has 0 heterocycles. The van der Waals surface area contributed by atoms with Crippen LogP contribution in [-0.4, -0.2) is 5.11 Å². The summed E-state index contributed by atoms with van der Waals surface area (Å²) in [5.41, 5.74) is 1.55. The number of hydrogen-bond acceptors (Lipinski definition) is 1. The molecule has 1 saturated carbocycles.